The number of hydrogen-bond donors (Lipinski definition) is 3. The third kappa shape index (κ3) is 4.04. The molecule has 108 valence electrons. The molecule has 2 rings (SSSR count). The number of anilines is 1. The number of aryl methyl sites for hydroxylation is 1. The number of aromatic carboxylic acids is 1. The van der Waals surface area contributed by atoms with Gasteiger partial charge >= 0.3 is 12.0 Å². The van der Waals surface area contributed by atoms with Gasteiger partial charge < -0.3 is 15.7 Å². The number of aromatic nitrogens is 1. The van der Waals surface area contributed by atoms with Gasteiger partial charge in [0, 0.05) is 24.6 Å². The van der Waals surface area contributed by atoms with E-state index in [1.54, 1.807) is 37.5 Å². The molecule has 1 heterocycles. The van der Waals surface area contributed by atoms with E-state index in [9.17, 15) is 9.59 Å². The minimum atomic E-state index is -1.03. The van der Waals surface area contributed by atoms with E-state index in [0.717, 1.165) is 11.1 Å². The minimum Gasteiger partial charge on any atom is -0.478 e. The largest absolute Gasteiger partial charge is 0.478 e. The zero-order valence-electron chi connectivity index (χ0n) is 11.5. The Hall–Kier alpha value is -2.89. The molecule has 6 heteroatoms. The Balaban J connectivity index is 1.99. The number of nitrogens with one attached hydrogen (secondary N) is 2. The number of nitrogens with zero attached hydrogens (tertiary/aromatic N) is 1. The zero-order valence-corrected chi connectivity index (χ0v) is 11.5. The van der Waals surface area contributed by atoms with Crippen LogP contribution in [0.4, 0.5) is 10.5 Å². The number of carbonyl (C=O) groups is 2. The van der Waals surface area contributed by atoms with E-state index in [1.807, 2.05) is 0 Å². The molecule has 6 nitrogen and oxygen atoms in total. The normalized spacial score (nSPS) is 9.95. The Morgan fingerprint density at radius 2 is 1.90 bits per heavy atom. The lowest BCUT2D eigenvalue weighted by Gasteiger charge is -2.10. The van der Waals surface area contributed by atoms with Gasteiger partial charge in [0.15, 0.2) is 0 Å². The van der Waals surface area contributed by atoms with Crippen LogP contribution in [0.5, 0.6) is 0 Å². The van der Waals surface area contributed by atoms with Crippen LogP contribution in [0.1, 0.15) is 21.5 Å². The maximum atomic E-state index is 11.8. The quantitative estimate of drug-likeness (QED) is 0.804. The van der Waals surface area contributed by atoms with E-state index in [2.05, 4.69) is 15.6 Å². The Bertz CT molecular complexity index is 656. The molecule has 2 aromatic rings. The summed E-state index contributed by atoms with van der Waals surface area (Å²) in [6.07, 6.45) is 3.30. The summed E-state index contributed by atoms with van der Waals surface area (Å²) in [5, 5.41) is 14.3. The number of carboxylic acids is 1. The third-order valence-electron chi connectivity index (χ3n) is 2.94. The van der Waals surface area contributed by atoms with Gasteiger partial charge in [-0.3, -0.25) is 4.98 Å². The third-order valence-corrected chi connectivity index (χ3v) is 2.94. The second-order valence-corrected chi connectivity index (χ2v) is 4.50. The van der Waals surface area contributed by atoms with E-state index in [1.165, 1.54) is 12.1 Å². The molecule has 21 heavy (non-hydrogen) atoms. The summed E-state index contributed by atoms with van der Waals surface area (Å²) >= 11 is 0. The number of amides is 2. The molecule has 2 amide bonds. The number of carboxylic acid groups (broad SMARTS) is 1. The molecule has 0 radical (unpaired) electrons. The molecular weight excluding hydrogens is 270 g/mol. The summed E-state index contributed by atoms with van der Waals surface area (Å²) in [6.45, 7) is 2.16. The minimum absolute atomic E-state index is 0.130. The van der Waals surface area contributed by atoms with Crippen molar-refractivity contribution in [3.63, 3.8) is 0 Å². The first-order chi connectivity index (χ1) is 10.1. The highest BCUT2D eigenvalue weighted by atomic mass is 16.4. The standard InChI is InChI=1S/C15H15N3O3/c1-10-2-3-12(14(19)20)8-13(10)18-15(21)17-9-11-4-6-16-7-5-11/h2-8H,9H2,1H3,(H,19,20)(H2,17,18,21). The highest BCUT2D eigenvalue weighted by molar-refractivity contribution is 5.93. The second kappa shape index (κ2) is 6.51. The van der Waals surface area contributed by atoms with Crippen molar-refractivity contribution in [2.75, 3.05) is 5.32 Å². The van der Waals surface area contributed by atoms with Crippen LogP contribution in [0.3, 0.4) is 0 Å². The SMILES string of the molecule is Cc1ccc(C(=O)O)cc1NC(=O)NCc1ccncc1. The maximum absolute atomic E-state index is 11.8. The topological polar surface area (TPSA) is 91.3 Å². The van der Waals surface area contributed by atoms with Crippen LogP contribution in [-0.4, -0.2) is 22.1 Å². The molecule has 0 aliphatic carbocycles. The highest BCUT2D eigenvalue weighted by Crippen LogP contribution is 2.16. The van der Waals surface area contributed by atoms with Crippen molar-refractivity contribution in [3.05, 3.63) is 59.4 Å². The van der Waals surface area contributed by atoms with Gasteiger partial charge in [-0.2, -0.15) is 0 Å². The molecule has 1 aromatic heterocycles. The Kier molecular flexibility index (Phi) is 4.50. The van der Waals surface area contributed by atoms with Crippen LogP contribution in [0.25, 0.3) is 0 Å². The Morgan fingerprint density at radius 3 is 2.57 bits per heavy atom. The number of hydrogen-bond acceptors (Lipinski definition) is 3. The number of rotatable bonds is 4. The van der Waals surface area contributed by atoms with Gasteiger partial charge in [0.25, 0.3) is 0 Å². The summed E-state index contributed by atoms with van der Waals surface area (Å²) < 4.78 is 0. The van der Waals surface area contributed by atoms with Crippen LogP contribution in [0, 0.1) is 6.92 Å². The zero-order chi connectivity index (χ0) is 15.2. The van der Waals surface area contributed by atoms with E-state index < -0.39 is 12.0 Å². The van der Waals surface area contributed by atoms with Gasteiger partial charge in [-0.05, 0) is 42.3 Å². The van der Waals surface area contributed by atoms with Crippen molar-refractivity contribution in [2.45, 2.75) is 13.5 Å². The lowest BCUT2D eigenvalue weighted by atomic mass is 10.1. The average Bonchev–Trinajstić information content (AvgIpc) is 2.48. The summed E-state index contributed by atoms with van der Waals surface area (Å²) in [6, 6.07) is 7.80. The van der Waals surface area contributed by atoms with E-state index in [4.69, 9.17) is 5.11 Å². The summed E-state index contributed by atoms with van der Waals surface area (Å²) in [4.78, 5) is 26.7. The molecular formula is C15H15N3O3. The van der Waals surface area contributed by atoms with Gasteiger partial charge in [-0.1, -0.05) is 6.07 Å². The predicted octanol–water partition coefficient (Wildman–Crippen LogP) is 2.41. The maximum Gasteiger partial charge on any atom is 0.335 e. The van der Waals surface area contributed by atoms with Crippen molar-refractivity contribution in [1.29, 1.82) is 0 Å². The van der Waals surface area contributed by atoms with Crippen LogP contribution < -0.4 is 10.6 Å². The molecule has 1 aromatic carbocycles. The average molecular weight is 285 g/mol. The first-order valence-electron chi connectivity index (χ1n) is 6.34. The molecule has 0 saturated heterocycles. The van der Waals surface area contributed by atoms with E-state index in [0.29, 0.717) is 12.2 Å². The van der Waals surface area contributed by atoms with Gasteiger partial charge in [-0.25, -0.2) is 9.59 Å². The smallest absolute Gasteiger partial charge is 0.335 e. The number of urea groups is 1. The Labute approximate surface area is 121 Å². The number of carbonyl (C=O) groups excluding carboxylic acids is 1. The van der Waals surface area contributed by atoms with Crippen LogP contribution in [0.2, 0.25) is 0 Å². The van der Waals surface area contributed by atoms with Crippen molar-refractivity contribution in [2.24, 2.45) is 0 Å². The molecule has 0 unspecified atom stereocenters. The van der Waals surface area contributed by atoms with Crippen LogP contribution >= 0.6 is 0 Å². The number of benzene rings is 1. The van der Waals surface area contributed by atoms with Crippen LogP contribution in [-0.2, 0) is 6.54 Å². The fourth-order valence-electron chi connectivity index (χ4n) is 1.74. The van der Waals surface area contributed by atoms with Crippen molar-refractivity contribution in [1.82, 2.24) is 10.3 Å². The molecule has 3 N–H and O–H groups in total. The predicted molar refractivity (Wildman–Crippen MR) is 78.2 cm³/mol. The van der Waals surface area contributed by atoms with E-state index >= 15 is 0 Å². The summed E-state index contributed by atoms with van der Waals surface area (Å²) in [5.41, 5.74) is 2.32. The molecule has 0 atom stereocenters. The van der Waals surface area contributed by atoms with Crippen molar-refractivity contribution >= 4 is 17.7 Å². The first-order valence-corrected chi connectivity index (χ1v) is 6.34. The van der Waals surface area contributed by atoms with Gasteiger partial charge in [0.1, 0.15) is 0 Å². The molecule has 0 saturated carbocycles. The Morgan fingerprint density at radius 1 is 1.19 bits per heavy atom. The highest BCUT2D eigenvalue weighted by Gasteiger charge is 2.08. The van der Waals surface area contributed by atoms with Gasteiger partial charge in [0.2, 0.25) is 0 Å². The molecule has 0 bridgehead atoms. The molecule has 0 spiro atoms. The molecule has 0 fully saturated rings. The van der Waals surface area contributed by atoms with E-state index in [-0.39, 0.29) is 5.56 Å². The lowest BCUT2D eigenvalue weighted by molar-refractivity contribution is 0.0697. The molecule has 0 aliphatic rings. The lowest BCUT2D eigenvalue weighted by Crippen LogP contribution is -2.28. The molecule has 0 aliphatic heterocycles. The second-order valence-electron chi connectivity index (χ2n) is 4.50. The van der Waals surface area contributed by atoms with Crippen LogP contribution in [0.15, 0.2) is 42.7 Å². The first kappa shape index (κ1) is 14.5. The number of pyridine rings is 1. The monoisotopic (exact) mass is 285 g/mol. The summed E-state index contributed by atoms with van der Waals surface area (Å²) in [5.74, 6) is -1.03. The van der Waals surface area contributed by atoms with Crippen molar-refractivity contribution < 1.29 is 14.7 Å². The fourth-order valence-corrected chi connectivity index (χ4v) is 1.74. The van der Waals surface area contributed by atoms with Gasteiger partial charge in [0.05, 0.1) is 5.56 Å². The van der Waals surface area contributed by atoms with Gasteiger partial charge in [-0.15, -0.1) is 0 Å². The van der Waals surface area contributed by atoms with Crippen molar-refractivity contribution in [3.8, 4) is 0 Å². The fraction of sp³-hybridized carbons (Fsp3) is 0.133. The summed E-state index contributed by atoms with van der Waals surface area (Å²) in [7, 11) is 0.